The Morgan fingerprint density at radius 2 is 0.810 bits per heavy atom. The molecule has 0 saturated heterocycles. The summed E-state index contributed by atoms with van der Waals surface area (Å²) in [5.41, 5.74) is 12.5. The van der Waals surface area contributed by atoms with E-state index in [0.717, 1.165) is 45.4 Å². The zero-order chi connectivity index (χ0) is 38.4. The number of nitrogens with zero attached hydrogens (tertiary/aromatic N) is 3. The molecule has 0 saturated carbocycles. The second kappa shape index (κ2) is 14.3. The molecule has 0 fully saturated rings. The maximum absolute atomic E-state index is 2.47. The minimum atomic E-state index is 1.07. The number of aromatic nitrogens is 1. The number of thiophene rings is 1. The largest absolute Gasteiger partial charge is 0.310 e. The summed E-state index contributed by atoms with van der Waals surface area (Å²) >= 11 is 1.89. The highest BCUT2D eigenvalue weighted by atomic mass is 32.1. The van der Waals surface area contributed by atoms with Crippen molar-refractivity contribution in [3.05, 3.63) is 224 Å². The first kappa shape index (κ1) is 33.9. The van der Waals surface area contributed by atoms with Crippen LogP contribution in [0.4, 0.5) is 34.1 Å². The van der Waals surface area contributed by atoms with Gasteiger partial charge in [-0.2, -0.15) is 0 Å². The lowest BCUT2D eigenvalue weighted by molar-refractivity contribution is 1.19. The lowest BCUT2D eigenvalue weighted by atomic mass is 9.97. The van der Waals surface area contributed by atoms with Gasteiger partial charge < -0.3 is 14.4 Å². The average molecular weight is 760 g/mol. The monoisotopic (exact) mass is 759 g/mol. The maximum Gasteiger partial charge on any atom is 0.0634 e. The molecule has 4 heteroatoms. The van der Waals surface area contributed by atoms with Crippen molar-refractivity contribution in [2.24, 2.45) is 0 Å². The maximum atomic E-state index is 2.47. The summed E-state index contributed by atoms with van der Waals surface area (Å²) in [4.78, 5) is 4.76. The molecule has 0 atom stereocenters. The third kappa shape index (κ3) is 5.73. The normalized spacial score (nSPS) is 11.4. The fraction of sp³-hybridized carbons (Fsp3) is 0. The summed E-state index contributed by atoms with van der Waals surface area (Å²) in [5, 5.41) is 5.03. The molecule has 0 aliphatic rings. The van der Waals surface area contributed by atoms with Crippen molar-refractivity contribution in [2.45, 2.75) is 0 Å². The SMILES string of the molecule is c1ccc(N(c2ccccc2)c2cc(-c3cc4c5ccccc5n(-c5ccccc5)c4c4c3sc3ccccc34)cc(N(c3ccccc3)c3ccccc3)c2)cc1. The minimum absolute atomic E-state index is 1.07. The van der Waals surface area contributed by atoms with Crippen LogP contribution in [0.15, 0.2) is 224 Å². The van der Waals surface area contributed by atoms with Gasteiger partial charge in [-0.05, 0) is 103 Å². The van der Waals surface area contributed by atoms with E-state index in [1.807, 2.05) is 11.3 Å². The smallest absolute Gasteiger partial charge is 0.0634 e. The van der Waals surface area contributed by atoms with Crippen LogP contribution in [0, 0.1) is 0 Å². The van der Waals surface area contributed by atoms with Gasteiger partial charge in [0.15, 0.2) is 0 Å². The topological polar surface area (TPSA) is 11.4 Å². The Balaban J connectivity index is 1.28. The van der Waals surface area contributed by atoms with E-state index in [2.05, 4.69) is 239 Å². The van der Waals surface area contributed by atoms with Gasteiger partial charge in [0.25, 0.3) is 0 Å². The summed E-state index contributed by atoms with van der Waals surface area (Å²) in [6.07, 6.45) is 0. The van der Waals surface area contributed by atoms with Crippen molar-refractivity contribution in [3.8, 4) is 16.8 Å². The quantitative estimate of drug-likeness (QED) is 0.153. The van der Waals surface area contributed by atoms with Gasteiger partial charge >= 0.3 is 0 Å². The van der Waals surface area contributed by atoms with Crippen LogP contribution in [0.25, 0.3) is 58.8 Å². The van der Waals surface area contributed by atoms with Gasteiger partial charge in [-0.1, -0.05) is 127 Å². The molecule has 0 aliphatic carbocycles. The van der Waals surface area contributed by atoms with Gasteiger partial charge in [0, 0.05) is 76.3 Å². The average Bonchev–Trinajstić information content (AvgIpc) is 3.84. The van der Waals surface area contributed by atoms with E-state index in [0.29, 0.717) is 0 Å². The van der Waals surface area contributed by atoms with Crippen LogP contribution >= 0.6 is 11.3 Å². The van der Waals surface area contributed by atoms with Gasteiger partial charge in [-0.25, -0.2) is 0 Å². The molecule has 2 aromatic heterocycles. The van der Waals surface area contributed by atoms with Gasteiger partial charge in [0.05, 0.1) is 11.0 Å². The molecule has 0 bridgehead atoms. The van der Waals surface area contributed by atoms with E-state index in [-0.39, 0.29) is 0 Å². The highest BCUT2D eigenvalue weighted by Gasteiger charge is 2.24. The predicted octanol–water partition coefficient (Wildman–Crippen LogP) is 15.8. The molecule has 0 unspecified atom stereocenters. The van der Waals surface area contributed by atoms with Crippen LogP contribution in [0.5, 0.6) is 0 Å². The summed E-state index contributed by atoms with van der Waals surface area (Å²) < 4.78 is 5.02. The van der Waals surface area contributed by atoms with E-state index < -0.39 is 0 Å². The first-order chi connectivity index (χ1) is 28.8. The molecule has 58 heavy (non-hydrogen) atoms. The van der Waals surface area contributed by atoms with E-state index in [4.69, 9.17) is 0 Å². The molecule has 0 N–H and O–H groups in total. The Bertz CT molecular complexity index is 3030. The first-order valence-corrected chi connectivity index (χ1v) is 20.5. The first-order valence-electron chi connectivity index (χ1n) is 19.7. The summed E-state index contributed by atoms with van der Waals surface area (Å²) in [7, 11) is 0. The molecule has 9 aromatic carbocycles. The number of para-hydroxylation sites is 6. The number of hydrogen-bond donors (Lipinski definition) is 0. The molecule has 0 aliphatic heterocycles. The fourth-order valence-corrected chi connectivity index (χ4v) is 9.85. The Morgan fingerprint density at radius 1 is 0.362 bits per heavy atom. The van der Waals surface area contributed by atoms with Crippen molar-refractivity contribution >= 4 is 87.4 Å². The summed E-state index contributed by atoms with van der Waals surface area (Å²) in [5.74, 6) is 0. The molecule has 0 amide bonds. The molecular formula is C54H37N3S. The van der Waals surface area contributed by atoms with Crippen molar-refractivity contribution in [2.75, 3.05) is 9.80 Å². The lowest BCUT2D eigenvalue weighted by Gasteiger charge is -2.30. The van der Waals surface area contributed by atoms with Crippen LogP contribution in [-0.4, -0.2) is 4.57 Å². The van der Waals surface area contributed by atoms with E-state index >= 15 is 0 Å². The Kier molecular flexibility index (Phi) is 8.34. The molecule has 274 valence electrons. The van der Waals surface area contributed by atoms with Gasteiger partial charge in [-0.3, -0.25) is 0 Å². The molecule has 11 aromatic rings. The van der Waals surface area contributed by atoms with Gasteiger partial charge in [0.2, 0.25) is 0 Å². The molecule has 0 radical (unpaired) electrons. The summed E-state index contributed by atoms with van der Waals surface area (Å²) in [6, 6.07) is 81.0. The summed E-state index contributed by atoms with van der Waals surface area (Å²) in [6.45, 7) is 0. The van der Waals surface area contributed by atoms with Crippen LogP contribution in [0.2, 0.25) is 0 Å². The van der Waals surface area contributed by atoms with Crippen LogP contribution < -0.4 is 9.80 Å². The second-order valence-electron chi connectivity index (χ2n) is 14.6. The number of anilines is 6. The Morgan fingerprint density at radius 3 is 1.34 bits per heavy atom. The second-order valence-corrected chi connectivity index (χ2v) is 15.6. The highest BCUT2D eigenvalue weighted by Crippen LogP contribution is 2.50. The number of fused-ring (bicyclic) bond motifs is 7. The number of rotatable bonds is 8. The van der Waals surface area contributed by atoms with Crippen LogP contribution in [0.1, 0.15) is 0 Å². The Labute approximate surface area is 341 Å². The van der Waals surface area contributed by atoms with Crippen molar-refractivity contribution < 1.29 is 0 Å². The number of hydrogen-bond acceptors (Lipinski definition) is 3. The standard InChI is InChI=1S/C54H37N3S/c1-6-20-39(21-7-1)55(40-22-8-2-9-23-40)44-34-38(35-45(36-44)56(41-24-10-3-11-25-41)42-26-12-4-13-27-42)48-37-49-46-30-16-18-32-50(46)57(43-28-14-5-15-29-43)53(49)52-47-31-17-19-33-51(47)58-54(48)52/h1-37H. The van der Waals surface area contributed by atoms with Crippen LogP contribution in [-0.2, 0) is 0 Å². The van der Waals surface area contributed by atoms with Gasteiger partial charge in [-0.15, -0.1) is 11.3 Å². The third-order valence-corrected chi connectivity index (χ3v) is 12.3. The van der Waals surface area contributed by atoms with E-state index in [9.17, 15) is 0 Å². The lowest BCUT2D eigenvalue weighted by Crippen LogP contribution is -2.13. The molecule has 11 rings (SSSR count). The highest BCUT2D eigenvalue weighted by molar-refractivity contribution is 7.26. The predicted molar refractivity (Wildman–Crippen MR) is 248 cm³/mol. The van der Waals surface area contributed by atoms with Crippen molar-refractivity contribution in [1.29, 1.82) is 0 Å². The third-order valence-electron chi connectivity index (χ3n) is 11.1. The van der Waals surface area contributed by atoms with Crippen molar-refractivity contribution in [3.63, 3.8) is 0 Å². The minimum Gasteiger partial charge on any atom is -0.310 e. The molecule has 0 spiro atoms. The zero-order valence-electron chi connectivity index (χ0n) is 31.6. The zero-order valence-corrected chi connectivity index (χ0v) is 32.4. The Hall–Kier alpha value is -7.40. The van der Waals surface area contributed by atoms with Crippen molar-refractivity contribution in [1.82, 2.24) is 4.57 Å². The molecule has 3 nitrogen and oxygen atoms in total. The molecular weight excluding hydrogens is 723 g/mol. The van der Waals surface area contributed by atoms with E-state index in [1.54, 1.807) is 0 Å². The van der Waals surface area contributed by atoms with Crippen LogP contribution in [0.3, 0.4) is 0 Å². The molecule has 2 heterocycles. The van der Waals surface area contributed by atoms with Gasteiger partial charge in [0.1, 0.15) is 0 Å². The van der Waals surface area contributed by atoms with E-state index in [1.165, 1.54) is 47.5 Å². The number of benzene rings is 9. The fourth-order valence-electron chi connectivity index (χ4n) is 8.61.